The molecular weight excluding hydrogens is 654 g/mol. The second-order valence-electron chi connectivity index (χ2n) is 13.4. The van der Waals surface area contributed by atoms with Gasteiger partial charge in [-0.05, 0) is 72.1 Å². The van der Waals surface area contributed by atoms with E-state index in [0.717, 1.165) is 31.4 Å². The van der Waals surface area contributed by atoms with Gasteiger partial charge in [-0.3, -0.25) is 19.0 Å². The van der Waals surface area contributed by atoms with Crippen LogP contribution in [0.25, 0.3) is 11.0 Å². The fourth-order valence-electron chi connectivity index (χ4n) is 6.09. The number of Topliss-reactive ketones (excluding diaryl/α,β-unsaturated/α-hetero) is 1. The Bertz CT molecular complexity index is 1910. The quantitative estimate of drug-likeness (QED) is 0.277. The maximum atomic E-state index is 13.5. The van der Waals surface area contributed by atoms with Gasteiger partial charge in [0.2, 0.25) is 5.95 Å². The molecule has 4 heterocycles. The number of ether oxygens (including phenoxy) is 1. The van der Waals surface area contributed by atoms with Gasteiger partial charge in [0, 0.05) is 43.8 Å². The van der Waals surface area contributed by atoms with Gasteiger partial charge in [-0.1, -0.05) is 12.8 Å². The molecule has 3 N–H and O–H groups in total. The van der Waals surface area contributed by atoms with Crippen molar-refractivity contribution in [2.75, 3.05) is 36.4 Å². The number of hydrogen-bond donors (Lipinski definition) is 3. The molecule has 0 spiro atoms. The van der Waals surface area contributed by atoms with E-state index in [1.807, 2.05) is 15.7 Å². The molecule has 2 aliphatic rings. The lowest BCUT2D eigenvalue weighted by Gasteiger charge is -2.35. The molecule has 264 valence electrons. The highest BCUT2D eigenvalue weighted by Gasteiger charge is 2.31. The summed E-state index contributed by atoms with van der Waals surface area (Å²) >= 11 is 0. The van der Waals surface area contributed by atoms with Gasteiger partial charge in [0.15, 0.2) is 5.78 Å². The molecule has 49 heavy (non-hydrogen) atoms. The van der Waals surface area contributed by atoms with Crippen molar-refractivity contribution in [2.45, 2.75) is 84.9 Å². The van der Waals surface area contributed by atoms with Crippen molar-refractivity contribution in [3.05, 3.63) is 46.0 Å². The van der Waals surface area contributed by atoms with Crippen molar-refractivity contribution in [3.8, 4) is 0 Å². The number of anilines is 3. The van der Waals surface area contributed by atoms with Gasteiger partial charge < -0.3 is 20.3 Å². The largest absolute Gasteiger partial charge is 0.444 e. The summed E-state index contributed by atoms with van der Waals surface area (Å²) in [5, 5.41) is 6.08. The Kier molecular flexibility index (Phi) is 10.2. The number of carbonyl (C=O) groups is 3. The van der Waals surface area contributed by atoms with E-state index in [1.54, 1.807) is 50.7 Å². The predicted octanol–water partition coefficient (Wildman–Crippen LogP) is 2.95. The first-order valence-corrected chi connectivity index (χ1v) is 17.7. The summed E-state index contributed by atoms with van der Waals surface area (Å²) in [5.41, 5.74) is 0.891. The first-order chi connectivity index (χ1) is 23.0. The number of pyridine rings is 2. The van der Waals surface area contributed by atoms with Crippen molar-refractivity contribution < 1.29 is 27.5 Å². The lowest BCUT2D eigenvalue weighted by molar-refractivity contribution is -0.121. The molecule has 0 aromatic carbocycles. The highest BCUT2D eigenvalue weighted by Crippen LogP contribution is 2.32. The van der Waals surface area contributed by atoms with Crippen LogP contribution in [0.4, 0.5) is 22.2 Å². The molecular formula is C32H43N9O7S. The monoisotopic (exact) mass is 697 g/mol. The molecule has 1 saturated carbocycles. The number of ketones is 1. The Morgan fingerprint density at radius 1 is 1.02 bits per heavy atom. The van der Waals surface area contributed by atoms with E-state index >= 15 is 0 Å². The molecule has 0 radical (unpaired) electrons. The average molecular weight is 698 g/mol. The molecule has 2 fully saturated rings. The summed E-state index contributed by atoms with van der Waals surface area (Å²) in [6.45, 7) is 10.5. The number of aromatic nitrogens is 4. The van der Waals surface area contributed by atoms with E-state index in [4.69, 9.17) is 9.72 Å². The van der Waals surface area contributed by atoms with Crippen molar-refractivity contribution in [1.82, 2.24) is 33.9 Å². The van der Waals surface area contributed by atoms with Crippen LogP contribution in [0.1, 0.15) is 82.3 Å². The van der Waals surface area contributed by atoms with E-state index in [-0.39, 0.29) is 42.0 Å². The van der Waals surface area contributed by atoms with Crippen LogP contribution in [0.3, 0.4) is 0 Å². The summed E-state index contributed by atoms with van der Waals surface area (Å²) in [4.78, 5) is 66.0. The number of hydrogen-bond acceptors (Lipinski definition) is 12. The van der Waals surface area contributed by atoms with Crippen LogP contribution < -0.4 is 25.8 Å². The zero-order chi connectivity index (χ0) is 35.7. The molecule has 17 heteroatoms. The molecule has 3 aromatic rings. The van der Waals surface area contributed by atoms with Crippen molar-refractivity contribution in [1.29, 1.82) is 0 Å². The Balaban J connectivity index is 1.22. The molecule has 16 nitrogen and oxygen atoms in total. The van der Waals surface area contributed by atoms with Gasteiger partial charge in [-0.25, -0.2) is 19.5 Å². The summed E-state index contributed by atoms with van der Waals surface area (Å²) in [7, 11) is -4.14. The van der Waals surface area contributed by atoms with Crippen LogP contribution in [-0.4, -0.2) is 87.8 Å². The Hall–Kier alpha value is -4.64. The van der Waals surface area contributed by atoms with Crippen LogP contribution in [0.2, 0.25) is 0 Å². The minimum atomic E-state index is -4.14. The van der Waals surface area contributed by atoms with E-state index in [0.29, 0.717) is 35.5 Å². The number of piperazine rings is 1. The van der Waals surface area contributed by atoms with E-state index < -0.39 is 33.9 Å². The maximum absolute atomic E-state index is 13.5. The van der Waals surface area contributed by atoms with Crippen LogP contribution >= 0.6 is 0 Å². The van der Waals surface area contributed by atoms with E-state index in [2.05, 4.69) is 20.6 Å². The lowest BCUT2D eigenvalue weighted by Crippen LogP contribution is -2.55. The number of rotatable bonds is 9. The molecule has 1 atom stereocenters. The van der Waals surface area contributed by atoms with Gasteiger partial charge in [-0.2, -0.15) is 17.7 Å². The first-order valence-electron chi connectivity index (χ1n) is 16.3. The molecule has 3 aromatic heterocycles. The third-order valence-electron chi connectivity index (χ3n) is 8.54. The first kappa shape index (κ1) is 35.7. The third kappa shape index (κ3) is 8.16. The molecule has 5 rings (SSSR count). The molecule has 0 unspecified atom stereocenters. The predicted molar refractivity (Wildman–Crippen MR) is 183 cm³/mol. The van der Waals surface area contributed by atoms with E-state index in [1.165, 1.54) is 18.2 Å². The zero-order valence-corrected chi connectivity index (χ0v) is 29.4. The smallest absolute Gasteiger partial charge is 0.408 e. The van der Waals surface area contributed by atoms with Crippen LogP contribution in [0.5, 0.6) is 0 Å². The summed E-state index contributed by atoms with van der Waals surface area (Å²) in [6.07, 6.45) is 6.13. The molecule has 2 amide bonds. The number of fused-ring (bicyclic) bond motifs is 1. The second kappa shape index (κ2) is 14.1. The van der Waals surface area contributed by atoms with Crippen LogP contribution in [0.15, 0.2) is 29.3 Å². The van der Waals surface area contributed by atoms with Crippen LogP contribution in [-0.2, 0) is 19.7 Å². The Morgan fingerprint density at radius 2 is 1.69 bits per heavy atom. The van der Waals surface area contributed by atoms with Gasteiger partial charge >= 0.3 is 16.3 Å². The molecule has 0 bridgehead atoms. The minimum absolute atomic E-state index is 0.0367. The number of nitrogens with one attached hydrogen (secondary N) is 3. The fourth-order valence-corrected chi connectivity index (χ4v) is 7.29. The van der Waals surface area contributed by atoms with E-state index in [9.17, 15) is 27.6 Å². The topological polar surface area (TPSA) is 198 Å². The third-order valence-corrected chi connectivity index (χ3v) is 10.0. The zero-order valence-electron chi connectivity index (χ0n) is 28.6. The second-order valence-corrected chi connectivity index (χ2v) is 15.0. The van der Waals surface area contributed by atoms with Gasteiger partial charge in [0.25, 0.3) is 11.5 Å². The Morgan fingerprint density at radius 3 is 2.29 bits per heavy atom. The number of amides is 2. The molecule has 1 aliphatic heterocycles. The summed E-state index contributed by atoms with van der Waals surface area (Å²) in [6, 6.07) is 2.42. The fraction of sp³-hybridized carbons (Fsp3) is 0.531. The molecule has 1 saturated heterocycles. The van der Waals surface area contributed by atoms with Gasteiger partial charge in [0.05, 0.1) is 17.4 Å². The number of alkyl carbamates (subject to hydrolysis) is 1. The normalized spacial score (nSPS) is 16.7. The van der Waals surface area contributed by atoms with Crippen molar-refractivity contribution >= 4 is 56.5 Å². The minimum Gasteiger partial charge on any atom is -0.444 e. The highest BCUT2D eigenvalue weighted by atomic mass is 32.2. The molecule has 1 aliphatic carbocycles. The summed E-state index contributed by atoms with van der Waals surface area (Å²) in [5.74, 6) is -0.441. The average Bonchev–Trinajstić information content (AvgIpc) is 3.55. The van der Waals surface area contributed by atoms with Crippen molar-refractivity contribution in [2.24, 2.45) is 0 Å². The number of carbonyl (C=O) groups excluding carboxylic acids is 3. The Labute approximate surface area is 284 Å². The van der Waals surface area contributed by atoms with Gasteiger partial charge in [0.1, 0.15) is 23.1 Å². The lowest BCUT2D eigenvalue weighted by atomic mass is 10.0. The maximum Gasteiger partial charge on any atom is 0.408 e. The van der Waals surface area contributed by atoms with Gasteiger partial charge in [-0.15, -0.1) is 0 Å². The highest BCUT2D eigenvalue weighted by molar-refractivity contribution is 7.87. The van der Waals surface area contributed by atoms with Crippen molar-refractivity contribution in [3.63, 3.8) is 0 Å². The number of nitrogens with zero attached hydrogens (tertiary/aromatic N) is 6. The standard InChI is InChI=1S/C32H43N9O7S/c1-19-24-18-34-30(37-27(24)41(22-9-7-8-10-22)29(44)26(19)21(3)42)36-25-12-11-23(17-33-25)39-13-15-40(16-14-39)49(46,47)38-28(43)20(2)35-31(45)48-32(4,5)6/h11-12,17-18,20,22H,7-10,13-16H2,1-6H3,(H,35,45)(H,38,43)(H,33,34,36,37)/t20-/m0/s1. The SMILES string of the molecule is CC(=O)c1c(C)c2cnc(Nc3ccc(N4CCN(S(=O)(=O)NC(=O)[C@H](C)NC(=O)OC(C)(C)C)CC4)cn3)nc2n(C2CCCC2)c1=O. The number of aryl methyl sites for hydroxylation is 1. The van der Waals surface area contributed by atoms with Crippen LogP contribution in [0, 0.1) is 6.92 Å². The summed E-state index contributed by atoms with van der Waals surface area (Å²) < 4.78 is 35.8.